The molecule has 1 N–H and O–H groups in total. The molecule has 5 heteroatoms. The van der Waals surface area contributed by atoms with E-state index in [1.807, 2.05) is 12.1 Å². The van der Waals surface area contributed by atoms with Crippen molar-refractivity contribution in [1.29, 1.82) is 0 Å². The third-order valence-electron chi connectivity index (χ3n) is 2.53. The summed E-state index contributed by atoms with van der Waals surface area (Å²) in [7, 11) is 1.80. The second-order valence-corrected chi connectivity index (χ2v) is 4.85. The van der Waals surface area contributed by atoms with Crippen LogP contribution in [-0.4, -0.2) is 7.05 Å². The number of halogens is 3. The van der Waals surface area contributed by atoms with Crippen LogP contribution >= 0.6 is 15.9 Å². The van der Waals surface area contributed by atoms with Crippen LogP contribution in [0.3, 0.4) is 0 Å². The molecule has 0 radical (unpaired) electrons. The van der Waals surface area contributed by atoms with E-state index in [0.717, 1.165) is 16.1 Å². The van der Waals surface area contributed by atoms with Gasteiger partial charge in [0.25, 0.3) is 0 Å². The number of ether oxygens (including phenoxy) is 1. The lowest BCUT2D eigenvalue weighted by Crippen LogP contribution is -2.06. The summed E-state index contributed by atoms with van der Waals surface area (Å²) in [5.74, 6) is -1.57. The molecule has 0 aromatic heterocycles. The van der Waals surface area contributed by atoms with Gasteiger partial charge in [0.2, 0.25) is 5.82 Å². The van der Waals surface area contributed by atoms with Crippen LogP contribution in [0, 0.1) is 11.6 Å². The van der Waals surface area contributed by atoms with Crippen LogP contribution < -0.4 is 10.1 Å². The second-order valence-electron chi connectivity index (χ2n) is 3.94. The summed E-state index contributed by atoms with van der Waals surface area (Å²) < 4.78 is 33.0. The highest BCUT2D eigenvalue weighted by Gasteiger charge is 2.12. The van der Waals surface area contributed by atoms with Crippen LogP contribution in [0.4, 0.5) is 8.78 Å². The highest BCUT2D eigenvalue weighted by Crippen LogP contribution is 2.30. The molecule has 0 amide bonds. The first-order valence-corrected chi connectivity index (χ1v) is 6.46. The zero-order valence-electron chi connectivity index (χ0n) is 10.2. The summed E-state index contributed by atoms with van der Waals surface area (Å²) in [6.45, 7) is 0.569. The topological polar surface area (TPSA) is 21.3 Å². The van der Waals surface area contributed by atoms with Gasteiger partial charge in [0.15, 0.2) is 11.6 Å². The highest BCUT2D eigenvalue weighted by atomic mass is 79.9. The number of nitrogens with one attached hydrogen (secondary N) is 1. The molecule has 0 aliphatic heterocycles. The molecule has 19 heavy (non-hydrogen) atoms. The molecule has 0 saturated heterocycles. The minimum absolute atomic E-state index is 0.129. The number of hydrogen-bond acceptors (Lipinski definition) is 2. The van der Waals surface area contributed by atoms with E-state index in [-0.39, 0.29) is 5.75 Å². The molecule has 0 fully saturated rings. The predicted octanol–water partition coefficient (Wildman–Crippen LogP) is 4.24. The lowest BCUT2D eigenvalue weighted by molar-refractivity contribution is 0.412. The summed E-state index contributed by atoms with van der Waals surface area (Å²) in [5.41, 5.74) is 0.856. The fraction of sp³-hybridized carbons (Fsp3) is 0.143. The normalized spacial score (nSPS) is 10.5. The Morgan fingerprint density at radius 2 is 1.95 bits per heavy atom. The molecule has 2 nitrogen and oxygen atoms in total. The summed E-state index contributed by atoms with van der Waals surface area (Å²) in [6, 6.07) is 9.29. The Kier molecular flexibility index (Phi) is 4.50. The summed E-state index contributed by atoms with van der Waals surface area (Å²) in [6.07, 6.45) is 0. The predicted molar refractivity (Wildman–Crippen MR) is 73.3 cm³/mol. The monoisotopic (exact) mass is 327 g/mol. The minimum Gasteiger partial charge on any atom is -0.454 e. The third-order valence-corrected chi connectivity index (χ3v) is 3.03. The lowest BCUT2D eigenvalue weighted by atomic mass is 10.2. The highest BCUT2D eigenvalue weighted by molar-refractivity contribution is 9.10. The van der Waals surface area contributed by atoms with E-state index in [1.54, 1.807) is 13.1 Å². The number of benzene rings is 2. The maximum atomic E-state index is 13.6. The van der Waals surface area contributed by atoms with E-state index >= 15 is 0 Å². The van der Waals surface area contributed by atoms with Crippen LogP contribution in [0.2, 0.25) is 0 Å². The van der Waals surface area contributed by atoms with Gasteiger partial charge in [-0.05, 0) is 31.3 Å². The van der Waals surface area contributed by atoms with Gasteiger partial charge >= 0.3 is 0 Å². The molecule has 100 valence electrons. The van der Waals surface area contributed by atoms with Crippen LogP contribution in [0.5, 0.6) is 11.5 Å². The Hall–Kier alpha value is -1.46. The first kappa shape index (κ1) is 14.0. The maximum absolute atomic E-state index is 13.6. The van der Waals surface area contributed by atoms with Crippen LogP contribution in [0.25, 0.3) is 0 Å². The molecule has 0 saturated carbocycles. The van der Waals surface area contributed by atoms with Crippen molar-refractivity contribution in [2.75, 3.05) is 7.05 Å². The van der Waals surface area contributed by atoms with Gasteiger partial charge in [-0.25, -0.2) is 4.39 Å². The average Bonchev–Trinajstić information content (AvgIpc) is 2.38. The van der Waals surface area contributed by atoms with Crippen molar-refractivity contribution >= 4 is 15.9 Å². The van der Waals surface area contributed by atoms with Crippen molar-refractivity contribution < 1.29 is 13.5 Å². The SMILES string of the molecule is CNCc1ccc(Br)cc1Oc1cccc(F)c1F. The Balaban J connectivity index is 2.36. The van der Waals surface area contributed by atoms with Crippen molar-refractivity contribution in [3.8, 4) is 11.5 Å². The largest absolute Gasteiger partial charge is 0.454 e. The van der Waals surface area contributed by atoms with E-state index in [4.69, 9.17) is 4.74 Å². The fourth-order valence-corrected chi connectivity index (χ4v) is 1.98. The van der Waals surface area contributed by atoms with Crippen molar-refractivity contribution in [3.63, 3.8) is 0 Å². The molecular formula is C14H12BrF2NO. The summed E-state index contributed by atoms with van der Waals surface area (Å²) in [5, 5.41) is 2.99. The number of rotatable bonds is 4. The van der Waals surface area contributed by atoms with E-state index in [2.05, 4.69) is 21.2 Å². The van der Waals surface area contributed by atoms with Gasteiger partial charge < -0.3 is 10.1 Å². The van der Waals surface area contributed by atoms with Gasteiger partial charge in [-0.15, -0.1) is 0 Å². The van der Waals surface area contributed by atoms with E-state index in [1.165, 1.54) is 12.1 Å². The molecule has 0 unspecified atom stereocenters. The Bertz CT molecular complexity index is 590. The lowest BCUT2D eigenvalue weighted by Gasteiger charge is -2.12. The van der Waals surface area contributed by atoms with Gasteiger partial charge in [-0.1, -0.05) is 28.1 Å². The van der Waals surface area contributed by atoms with Crippen molar-refractivity contribution in [3.05, 3.63) is 58.1 Å². The van der Waals surface area contributed by atoms with Crippen molar-refractivity contribution in [1.82, 2.24) is 5.32 Å². The number of hydrogen-bond donors (Lipinski definition) is 1. The summed E-state index contributed by atoms with van der Waals surface area (Å²) >= 11 is 3.33. The molecule has 2 rings (SSSR count). The molecule has 2 aromatic rings. The van der Waals surface area contributed by atoms with Crippen molar-refractivity contribution in [2.45, 2.75) is 6.54 Å². The maximum Gasteiger partial charge on any atom is 0.201 e. The molecule has 0 aliphatic carbocycles. The molecule has 0 bridgehead atoms. The molecule has 0 spiro atoms. The van der Waals surface area contributed by atoms with Crippen LogP contribution in [0.15, 0.2) is 40.9 Å². The van der Waals surface area contributed by atoms with E-state index in [9.17, 15) is 8.78 Å². The Labute approximate surface area is 118 Å². The first-order valence-electron chi connectivity index (χ1n) is 5.66. The van der Waals surface area contributed by atoms with Crippen LogP contribution in [-0.2, 0) is 6.54 Å². The zero-order valence-corrected chi connectivity index (χ0v) is 11.8. The second kappa shape index (κ2) is 6.12. The van der Waals surface area contributed by atoms with Gasteiger partial charge in [-0.2, -0.15) is 4.39 Å². The van der Waals surface area contributed by atoms with Gasteiger partial charge in [0.05, 0.1) is 0 Å². The van der Waals surface area contributed by atoms with Gasteiger partial charge in [0.1, 0.15) is 5.75 Å². The molecule has 0 heterocycles. The molecule has 0 atom stereocenters. The molecular weight excluding hydrogens is 316 g/mol. The zero-order chi connectivity index (χ0) is 13.8. The standard InChI is InChI=1S/C14H12BrF2NO/c1-18-8-9-5-6-10(15)7-13(9)19-12-4-2-3-11(16)14(12)17/h2-7,18H,8H2,1H3. The Morgan fingerprint density at radius 3 is 2.68 bits per heavy atom. The third kappa shape index (κ3) is 3.30. The smallest absolute Gasteiger partial charge is 0.201 e. The Morgan fingerprint density at radius 1 is 1.16 bits per heavy atom. The molecule has 2 aromatic carbocycles. The van der Waals surface area contributed by atoms with E-state index in [0.29, 0.717) is 12.3 Å². The fourth-order valence-electron chi connectivity index (χ4n) is 1.64. The van der Waals surface area contributed by atoms with Crippen molar-refractivity contribution in [2.24, 2.45) is 0 Å². The minimum atomic E-state index is -0.988. The summed E-state index contributed by atoms with van der Waals surface area (Å²) in [4.78, 5) is 0. The molecule has 0 aliphatic rings. The van der Waals surface area contributed by atoms with Gasteiger partial charge in [0, 0.05) is 16.6 Å². The quantitative estimate of drug-likeness (QED) is 0.906. The average molecular weight is 328 g/mol. The van der Waals surface area contributed by atoms with Crippen LogP contribution in [0.1, 0.15) is 5.56 Å². The van der Waals surface area contributed by atoms with Gasteiger partial charge in [-0.3, -0.25) is 0 Å². The van der Waals surface area contributed by atoms with E-state index < -0.39 is 11.6 Å². The first-order chi connectivity index (χ1) is 9.11.